The Hall–Kier alpha value is -4.36. The number of rotatable bonds is 7. The first kappa shape index (κ1) is 34.1. The second-order valence-corrected chi connectivity index (χ2v) is 13.8. The summed E-state index contributed by atoms with van der Waals surface area (Å²) in [6.45, 7) is 8.42. The number of nitrogens with zero attached hydrogens (tertiary/aromatic N) is 7. The Morgan fingerprint density at radius 1 is 1.08 bits per heavy atom. The third-order valence-corrected chi connectivity index (χ3v) is 10.7. The van der Waals surface area contributed by atoms with Gasteiger partial charge in [0.2, 0.25) is 5.91 Å². The predicted octanol–water partition coefficient (Wildman–Crippen LogP) is 5.76. The number of pyridine rings is 1. The van der Waals surface area contributed by atoms with Crippen LogP contribution in [0.2, 0.25) is 0 Å². The highest BCUT2D eigenvalue weighted by molar-refractivity contribution is 5.99. The molecule has 4 aromatic rings. The lowest BCUT2D eigenvalue weighted by atomic mass is 9.95. The van der Waals surface area contributed by atoms with Gasteiger partial charge >= 0.3 is 6.01 Å². The van der Waals surface area contributed by atoms with E-state index in [4.69, 9.17) is 4.74 Å². The minimum absolute atomic E-state index is 0.0784. The smallest absolute Gasteiger partial charge is 0.319 e. The molecule has 1 amide bonds. The molecule has 13 heteroatoms. The van der Waals surface area contributed by atoms with Crippen molar-refractivity contribution in [1.82, 2.24) is 29.7 Å². The monoisotopic (exact) mass is 691 g/mol. The summed E-state index contributed by atoms with van der Waals surface area (Å²) in [5.41, 5.74) is -0.702. The molecule has 0 spiro atoms. The number of alkyl halides is 1. The summed E-state index contributed by atoms with van der Waals surface area (Å²) >= 11 is 0. The first-order chi connectivity index (χ1) is 24.1. The van der Waals surface area contributed by atoms with Gasteiger partial charge in [-0.2, -0.15) is 9.97 Å². The molecule has 50 heavy (non-hydrogen) atoms. The molecular weight excluding hydrogens is 650 g/mol. The average Bonchev–Trinajstić information content (AvgIpc) is 3.82. The second-order valence-electron chi connectivity index (χ2n) is 13.8. The molecule has 2 aromatic carbocycles. The first-order valence-corrected chi connectivity index (χ1v) is 17.2. The molecular formula is C37H41F4N7O2. The lowest BCUT2D eigenvalue weighted by Crippen LogP contribution is -2.43. The fourth-order valence-electron chi connectivity index (χ4n) is 7.73. The number of halogens is 4. The van der Waals surface area contributed by atoms with Crippen LogP contribution in [0, 0.1) is 17.5 Å². The van der Waals surface area contributed by atoms with Crippen molar-refractivity contribution in [3.63, 3.8) is 0 Å². The van der Waals surface area contributed by atoms with Crippen molar-refractivity contribution in [3.05, 3.63) is 66.6 Å². The fraction of sp³-hybridized carbons (Fsp3) is 0.459. The normalized spacial score (nSPS) is 23.4. The molecule has 6 heterocycles. The Bertz CT molecular complexity index is 1940. The van der Waals surface area contributed by atoms with E-state index in [-0.39, 0.29) is 52.1 Å². The lowest BCUT2D eigenvalue weighted by Gasteiger charge is -2.31. The van der Waals surface area contributed by atoms with Crippen LogP contribution < -0.4 is 9.64 Å². The molecule has 4 fully saturated rings. The number of likely N-dealkylation sites (N-methyl/N-ethyl adjacent to an activating group) is 1. The molecule has 8 rings (SSSR count). The third-order valence-electron chi connectivity index (χ3n) is 10.7. The molecule has 3 atom stereocenters. The van der Waals surface area contributed by atoms with Gasteiger partial charge in [0.15, 0.2) is 17.5 Å². The van der Waals surface area contributed by atoms with Gasteiger partial charge in [0.1, 0.15) is 29.8 Å². The molecule has 4 saturated heterocycles. The van der Waals surface area contributed by atoms with Gasteiger partial charge in [-0.15, -0.1) is 0 Å². The largest absolute Gasteiger partial charge is 0.461 e. The van der Waals surface area contributed by atoms with Gasteiger partial charge in [-0.25, -0.2) is 17.6 Å². The van der Waals surface area contributed by atoms with Crippen molar-refractivity contribution in [3.8, 4) is 17.3 Å². The Kier molecular flexibility index (Phi) is 9.38. The number of benzene rings is 2. The Labute approximate surface area is 288 Å². The number of aromatic nitrogens is 3. The van der Waals surface area contributed by atoms with Gasteiger partial charge in [-0.1, -0.05) is 30.8 Å². The van der Waals surface area contributed by atoms with Crippen LogP contribution in [0.3, 0.4) is 0 Å². The van der Waals surface area contributed by atoms with Crippen molar-refractivity contribution in [2.75, 3.05) is 64.9 Å². The second kappa shape index (κ2) is 13.7. The summed E-state index contributed by atoms with van der Waals surface area (Å²) in [5, 5.41) is 0.589. The quantitative estimate of drug-likeness (QED) is 0.179. The van der Waals surface area contributed by atoms with Crippen LogP contribution in [-0.2, 0) is 4.79 Å². The van der Waals surface area contributed by atoms with Gasteiger partial charge in [0.05, 0.1) is 10.9 Å². The highest BCUT2D eigenvalue weighted by atomic mass is 19.2. The number of fused-ring (bicyclic) bond motifs is 3. The van der Waals surface area contributed by atoms with Crippen LogP contribution in [0.15, 0.2) is 49.2 Å². The van der Waals surface area contributed by atoms with Crippen LogP contribution in [0.4, 0.5) is 23.4 Å². The molecule has 4 aliphatic rings. The molecule has 0 N–H and O–H groups in total. The summed E-state index contributed by atoms with van der Waals surface area (Å²) < 4.78 is 66.5. The highest BCUT2D eigenvalue weighted by Crippen LogP contribution is 2.41. The minimum Gasteiger partial charge on any atom is -0.461 e. The summed E-state index contributed by atoms with van der Waals surface area (Å²) in [7, 11) is 3.94. The van der Waals surface area contributed by atoms with Gasteiger partial charge in [-0.05, 0) is 69.9 Å². The SMILES string of the molecule is C=CC(=O)N1CC[C@@H](N(C)c2nc(OC[C@@]34CCCN3C[C@H](F)C4)nc3c(F)c(-c4cccc5ccc(F)c(F)c45)ncc23)C1.CN1CCC1. The third kappa shape index (κ3) is 6.25. The van der Waals surface area contributed by atoms with Gasteiger partial charge in [0.25, 0.3) is 0 Å². The van der Waals surface area contributed by atoms with Crippen molar-refractivity contribution < 1.29 is 27.1 Å². The van der Waals surface area contributed by atoms with Crippen molar-refractivity contribution in [1.29, 1.82) is 0 Å². The maximum Gasteiger partial charge on any atom is 0.319 e. The first-order valence-electron chi connectivity index (χ1n) is 17.2. The lowest BCUT2D eigenvalue weighted by molar-refractivity contribution is -0.125. The zero-order chi connectivity index (χ0) is 35.2. The van der Waals surface area contributed by atoms with Crippen molar-refractivity contribution in [2.24, 2.45) is 0 Å². The molecule has 0 aliphatic carbocycles. The predicted molar refractivity (Wildman–Crippen MR) is 184 cm³/mol. The summed E-state index contributed by atoms with van der Waals surface area (Å²) in [6.07, 6.45) is 5.84. The van der Waals surface area contributed by atoms with E-state index in [9.17, 15) is 13.6 Å². The maximum absolute atomic E-state index is 16.6. The van der Waals surface area contributed by atoms with Crippen LogP contribution >= 0.6 is 0 Å². The number of hydrogen-bond acceptors (Lipinski definition) is 8. The molecule has 9 nitrogen and oxygen atoms in total. The van der Waals surface area contributed by atoms with Gasteiger partial charge in [0, 0.05) is 56.3 Å². The van der Waals surface area contributed by atoms with E-state index in [1.807, 2.05) is 4.90 Å². The molecule has 2 aromatic heterocycles. The average molecular weight is 692 g/mol. The molecule has 0 unspecified atom stereocenters. The van der Waals surface area contributed by atoms with Crippen molar-refractivity contribution >= 4 is 33.4 Å². The number of anilines is 1. The van der Waals surface area contributed by atoms with Gasteiger partial charge in [-0.3, -0.25) is 14.7 Å². The highest BCUT2D eigenvalue weighted by Gasteiger charge is 2.49. The zero-order valence-electron chi connectivity index (χ0n) is 28.3. The van der Waals surface area contributed by atoms with Crippen LogP contribution in [-0.4, -0.2) is 113 Å². The van der Waals surface area contributed by atoms with Crippen LogP contribution in [0.1, 0.15) is 32.1 Å². The Morgan fingerprint density at radius 3 is 2.62 bits per heavy atom. The van der Waals surface area contributed by atoms with Crippen molar-refractivity contribution in [2.45, 2.75) is 49.9 Å². The van der Waals surface area contributed by atoms with Crippen LogP contribution in [0.5, 0.6) is 6.01 Å². The minimum atomic E-state index is -1.10. The van der Waals surface area contributed by atoms with Gasteiger partial charge < -0.3 is 19.4 Å². The van der Waals surface area contributed by atoms with E-state index in [2.05, 4.69) is 38.4 Å². The van der Waals surface area contributed by atoms with E-state index in [0.29, 0.717) is 43.7 Å². The molecule has 0 radical (unpaired) electrons. The van der Waals surface area contributed by atoms with E-state index < -0.39 is 29.2 Å². The zero-order valence-corrected chi connectivity index (χ0v) is 28.3. The van der Waals surface area contributed by atoms with E-state index in [0.717, 1.165) is 25.5 Å². The Balaban J connectivity index is 0.000000722. The van der Waals surface area contributed by atoms with E-state index >= 15 is 8.78 Å². The fourth-order valence-corrected chi connectivity index (χ4v) is 7.73. The summed E-state index contributed by atoms with van der Waals surface area (Å²) in [4.78, 5) is 33.7. The summed E-state index contributed by atoms with van der Waals surface area (Å²) in [6, 6.07) is 6.93. The molecule has 264 valence electrons. The number of ether oxygens (including phenoxy) is 1. The number of carbonyl (C=O) groups is 1. The van der Waals surface area contributed by atoms with E-state index in [1.54, 1.807) is 24.1 Å². The topological polar surface area (TPSA) is 77.9 Å². The number of carbonyl (C=O) groups excluding carboxylic acids is 1. The van der Waals surface area contributed by atoms with Crippen LogP contribution in [0.25, 0.3) is 32.9 Å². The molecule has 0 bridgehead atoms. The standard InChI is InChI=1S/C33H32F4N6O2.C4H9N/c1-3-25(44)42-13-10-21(17-42)41(2)31-23-15-38-29(22-7-4-6-19-8-9-24(35)27(36)26(19)22)28(37)30(23)39-32(40-31)45-18-33-11-5-12-43(33)16-20(34)14-33;1-5-3-2-4-5/h3-4,6-9,15,20-21H,1,5,10-14,16-18H2,2H3;2-4H2,1H3/t20-,21-,33+;/m1./s1. The summed E-state index contributed by atoms with van der Waals surface area (Å²) in [5.74, 6) is -2.83. The Morgan fingerprint density at radius 2 is 1.88 bits per heavy atom. The number of hydrogen-bond donors (Lipinski definition) is 0. The molecule has 4 aliphatic heterocycles. The number of amides is 1. The maximum atomic E-state index is 16.6. The van der Waals surface area contributed by atoms with E-state index in [1.165, 1.54) is 43.9 Å². The molecule has 0 saturated carbocycles. The number of likely N-dealkylation sites (tertiary alicyclic amines) is 2.